The van der Waals surface area contributed by atoms with E-state index >= 15 is 0 Å². The number of rotatable bonds is 5. The smallest absolute Gasteiger partial charge is 0.428 e. The molecule has 1 aromatic heterocycles. The molecule has 0 aliphatic heterocycles. The maximum absolute atomic E-state index is 11.4. The van der Waals surface area contributed by atoms with Gasteiger partial charge in [0, 0.05) is 18.0 Å². The molecule has 1 aromatic carbocycles. The summed E-state index contributed by atoms with van der Waals surface area (Å²) < 4.78 is 10.1. The number of hydrogen-bond acceptors (Lipinski definition) is 5. The second-order valence-corrected chi connectivity index (χ2v) is 4.08. The molecule has 0 atom stereocenters. The molecule has 2 rings (SSSR count). The van der Waals surface area contributed by atoms with E-state index in [-0.39, 0.29) is 6.61 Å². The van der Waals surface area contributed by atoms with Crippen molar-refractivity contribution >= 4 is 12.3 Å². The first-order valence-corrected chi connectivity index (χ1v) is 6.27. The molecule has 1 amide bonds. The third-order valence-corrected chi connectivity index (χ3v) is 2.58. The molecule has 108 valence electrons. The Morgan fingerprint density at radius 2 is 2.14 bits per heavy atom. The van der Waals surface area contributed by atoms with Gasteiger partial charge in [-0.2, -0.15) is 5.10 Å². The van der Waals surface area contributed by atoms with Crippen molar-refractivity contribution in [2.45, 2.75) is 6.61 Å². The zero-order valence-corrected chi connectivity index (χ0v) is 11.5. The van der Waals surface area contributed by atoms with Gasteiger partial charge in [0.25, 0.3) is 0 Å². The molecule has 1 N–H and O–H groups in total. The monoisotopic (exact) mass is 285 g/mol. The molecule has 2 aromatic rings. The summed E-state index contributed by atoms with van der Waals surface area (Å²) in [6.07, 6.45) is 4.16. The van der Waals surface area contributed by atoms with Crippen LogP contribution in [-0.4, -0.2) is 24.4 Å². The van der Waals surface area contributed by atoms with Crippen molar-refractivity contribution in [3.8, 4) is 5.75 Å². The van der Waals surface area contributed by atoms with Gasteiger partial charge in [-0.05, 0) is 23.8 Å². The second-order valence-electron chi connectivity index (χ2n) is 4.08. The average molecular weight is 285 g/mol. The molecule has 1 heterocycles. The molecule has 0 unspecified atom stereocenters. The number of ether oxygens (including phenoxy) is 2. The first kappa shape index (κ1) is 14.5. The van der Waals surface area contributed by atoms with Crippen LogP contribution in [0.3, 0.4) is 0 Å². The van der Waals surface area contributed by atoms with E-state index in [2.05, 4.69) is 15.5 Å². The summed E-state index contributed by atoms with van der Waals surface area (Å²) >= 11 is 0. The number of pyridine rings is 1. The summed E-state index contributed by atoms with van der Waals surface area (Å²) in [7, 11) is 1.60. The highest BCUT2D eigenvalue weighted by atomic mass is 16.6. The predicted octanol–water partition coefficient (Wildman–Crippen LogP) is 2.35. The van der Waals surface area contributed by atoms with Crippen LogP contribution in [0.5, 0.6) is 5.75 Å². The third kappa shape index (κ3) is 4.94. The molecular weight excluding hydrogens is 270 g/mol. The number of hydrazone groups is 1. The van der Waals surface area contributed by atoms with Crippen LogP contribution >= 0.6 is 0 Å². The van der Waals surface area contributed by atoms with E-state index in [0.717, 1.165) is 16.9 Å². The van der Waals surface area contributed by atoms with Crippen molar-refractivity contribution in [2.24, 2.45) is 5.10 Å². The number of methoxy groups -OCH3 is 1. The molecular formula is C15H15N3O3. The lowest BCUT2D eigenvalue weighted by Gasteiger charge is -2.05. The van der Waals surface area contributed by atoms with Gasteiger partial charge in [-0.1, -0.05) is 18.2 Å². The van der Waals surface area contributed by atoms with Crippen molar-refractivity contribution in [1.82, 2.24) is 10.4 Å². The van der Waals surface area contributed by atoms with Crippen LogP contribution in [0.15, 0.2) is 53.9 Å². The number of nitrogens with one attached hydrogen (secondary N) is 1. The van der Waals surface area contributed by atoms with E-state index in [1.807, 2.05) is 18.2 Å². The van der Waals surface area contributed by atoms with Crippen LogP contribution < -0.4 is 10.2 Å². The number of benzene rings is 1. The van der Waals surface area contributed by atoms with Gasteiger partial charge in [0.15, 0.2) is 0 Å². The fourth-order valence-electron chi connectivity index (χ4n) is 1.51. The number of aromatic nitrogens is 1. The van der Waals surface area contributed by atoms with E-state index < -0.39 is 6.09 Å². The molecule has 0 bridgehead atoms. The first-order chi connectivity index (χ1) is 10.3. The highest BCUT2D eigenvalue weighted by Gasteiger charge is 2.01. The molecule has 0 radical (unpaired) electrons. The van der Waals surface area contributed by atoms with Crippen molar-refractivity contribution in [2.75, 3.05) is 7.11 Å². The Morgan fingerprint density at radius 1 is 1.33 bits per heavy atom. The Morgan fingerprint density at radius 3 is 2.81 bits per heavy atom. The largest absolute Gasteiger partial charge is 0.497 e. The number of nitrogens with zero attached hydrogens (tertiary/aromatic N) is 2. The van der Waals surface area contributed by atoms with E-state index in [4.69, 9.17) is 9.47 Å². The van der Waals surface area contributed by atoms with Crippen LogP contribution in [-0.2, 0) is 11.3 Å². The summed E-state index contributed by atoms with van der Waals surface area (Å²) in [4.78, 5) is 15.4. The van der Waals surface area contributed by atoms with Crippen molar-refractivity contribution < 1.29 is 14.3 Å². The fraction of sp³-hybridized carbons (Fsp3) is 0.133. The molecule has 21 heavy (non-hydrogen) atoms. The SMILES string of the molecule is COc1ccc(COC(=O)N/N=C/c2cccnc2)cc1. The van der Waals surface area contributed by atoms with Crippen LogP contribution in [0, 0.1) is 0 Å². The normalized spacial score (nSPS) is 10.3. The van der Waals surface area contributed by atoms with Gasteiger partial charge in [0.1, 0.15) is 12.4 Å². The molecule has 0 aliphatic rings. The minimum absolute atomic E-state index is 0.165. The van der Waals surface area contributed by atoms with Crippen LogP contribution in [0.1, 0.15) is 11.1 Å². The van der Waals surface area contributed by atoms with Crippen LogP contribution in [0.4, 0.5) is 4.79 Å². The Hall–Kier alpha value is -2.89. The predicted molar refractivity (Wildman–Crippen MR) is 78.1 cm³/mol. The van der Waals surface area contributed by atoms with Gasteiger partial charge >= 0.3 is 6.09 Å². The lowest BCUT2D eigenvalue weighted by molar-refractivity contribution is 0.140. The molecule has 0 saturated heterocycles. The van der Waals surface area contributed by atoms with E-state index in [9.17, 15) is 4.79 Å². The zero-order chi connectivity index (χ0) is 14.9. The van der Waals surface area contributed by atoms with E-state index in [1.54, 1.807) is 37.7 Å². The molecule has 0 aliphatic carbocycles. The minimum Gasteiger partial charge on any atom is -0.497 e. The maximum atomic E-state index is 11.4. The highest BCUT2D eigenvalue weighted by molar-refractivity contribution is 5.80. The summed E-state index contributed by atoms with van der Waals surface area (Å²) in [6.45, 7) is 0.165. The Balaban J connectivity index is 1.75. The van der Waals surface area contributed by atoms with Crippen molar-refractivity contribution in [3.05, 3.63) is 59.9 Å². The minimum atomic E-state index is -0.619. The quantitative estimate of drug-likeness (QED) is 0.676. The van der Waals surface area contributed by atoms with Crippen LogP contribution in [0.25, 0.3) is 0 Å². The second kappa shape index (κ2) is 7.64. The van der Waals surface area contributed by atoms with Gasteiger partial charge in [-0.15, -0.1) is 0 Å². The van der Waals surface area contributed by atoms with Gasteiger partial charge in [0.05, 0.1) is 13.3 Å². The molecule has 0 saturated carbocycles. The summed E-state index contributed by atoms with van der Waals surface area (Å²) in [5.41, 5.74) is 3.93. The summed E-state index contributed by atoms with van der Waals surface area (Å²) in [5, 5.41) is 3.77. The summed E-state index contributed by atoms with van der Waals surface area (Å²) in [6, 6.07) is 10.9. The Bertz CT molecular complexity index is 597. The van der Waals surface area contributed by atoms with E-state index in [1.165, 1.54) is 6.21 Å². The number of amides is 1. The van der Waals surface area contributed by atoms with Gasteiger partial charge in [0.2, 0.25) is 0 Å². The molecule has 0 fully saturated rings. The third-order valence-electron chi connectivity index (χ3n) is 2.58. The Kier molecular flexibility index (Phi) is 5.28. The first-order valence-electron chi connectivity index (χ1n) is 6.27. The van der Waals surface area contributed by atoms with Crippen LogP contribution in [0.2, 0.25) is 0 Å². The molecule has 0 spiro atoms. The van der Waals surface area contributed by atoms with Gasteiger partial charge < -0.3 is 9.47 Å². The lowest BCUT2D eigenvalue weighted by Crippen LogP contribution is -2.18. The standard InChI is InChI=1S/C15H15N3O3/c1-20-14-6-4-12(5-7-14)11-21-15(19)18-17-10-13-3-2-8-16-9-13/h2-10H,11H2,1H3,(H,18,19)/b17-10+. The fourth-order valence-corrected chi connectivity index (χ4v) is 1.51. The maximum Gasteiger partial charge on any atom is 0.428 e. The lowest BCUT2D eigenvalue weighted by atomic mass is 10.2. The zero-order valence-electron chi connectivity index (χ0n) is 11.5. The number of carbonyl (C=O) groups excluding carboxylic acids is 1. The molecule has 6 heteroatoms. The molecule has 6 nitrogen and oxygen atoms in total. The van der Waals surface area contributed by atoms with Crippen molar-refractivity contribution in [1.29, 1.82) is 0 Å². The topological polar surface area (TPSA) is 72.8 Å². The number of carbonyl (C=O) groups is 1. The van der Waals surface area contributed by atoms with Gasteiger partial charge in [-0.25, -0.2) is 10.2 Å². The average Bonchev–Trinajstić information content (AvgIpc) is 2.54. The Labute approximate surface area is 122 Å². The summed E-state index contributed by atoms with van der Waals surface area (Å²) in [5.74, 6) is 0.754. The van der Waals surface area contributed by atoms with Crippen molar-refractivity contribution in [3.63, 3.8) is 0 Å². The van der Waals surface area contributed by atoms with E-state index in [0.29, 0.717) is 0 Å². The highest BCUT2D eigenvalue weighted by Crippen LogP contribution is 2.11. The number of hydrogen-bond donors (Lipinski definition) is 1. The van der Waals surface area contributed by atoms with Gasteiger partial charge in [-0.3, -0.25) is 4.98 Å².